The standard InChI is InChI=1S/C20H22ClN3O2.ClH/c1-23(2)15-8-6-13(7-9-15)19-18(22-12-24(19)3)14-10-16(21)20(26-5)17(11-14)25-4;/h6-12H,1-5H3;1H. The van der Waals surface area contributed by atoms with E-state index in [0.29, 0.717) is 16.5 Å². The van der Waals surface area contributed by atoms with Gasteiger partial charge in [-0.2, -0.15) is 0 Å². The number of methoxy groups -OCH3 is 2. The summed E-state index contributed by atoms with van der Waals surface area (Å²) >= 11 is 6.38. The molecule has 0 saturated heterocycles. The van der Waals surface area contributed by atoms with Crippen molar-refractivity contribution < 1.29 is 9.47 Å². The lowest BCUT2D eigenvalue weighted by molar-refractivity contribution is 0.355. The van der Waals surface area contributed by atoms with Gasteiger partial charge in [0, 0.05) is 38.0 Å². The summed E-state index contributed by atoms with van der Waals surface area (Å²) in [5, 5.41) is 0.487. The van der Waals surface area contributed by atoms with E-state index < -0.39 is 0 Å². The Balaban J connectivity index is 0.00000261. The van der Waals surface area contributed by atoms with E-state index in [1.165, 1.54) is 0 Å². The van der Waals surface area contributed by atoms with Gasteiger partial charge in [0.05, 0.1) is 37.0 Å². The molecule has 1 heterocycles. The molecular formula is C20H23Cl2N3O2. The number of ether oxygens (including phenoxy) is 2. The molecule has 1 aromatic heterocycles. The molecule has 0 N–H and O–H groups in total. The molecule has 0 atom stereocenters. The molecule has 3 aromatic rings. The highest BCUT2D eigenvalue weighted by molar-refractivity contribution is 6.32. The summed E-state index contributed by atoms with van der Waals surface area (Å²) in [7, 11) is 9.19. The van der Waals surface area contributed by atoms with Crippen LogP contribution in [0, 0.1) is 0 Å². The van der Waals surface area contributed by atoms with E-state index in [2.05, 4.69) is 34.1 Å². The van der Waals surface area contributed by atoms with Gasteiger partial charge in [0.25, 0.3) is 0 Å². The number of rotatable bonds is 5. The van der Waals surface area contributed by atoms with Crippen LogP contribution in [0.25, 0.3) is 22.5 Å². The topological polar surface area (TPSA) is 39.5 Å². The largest absolute Gasteiger partial charge is 0.493 e. The predicted molar refractivity (Wildman–Crippen MR) is 114 cm³/mol. The molecule has 0 spiro atoms. The van der Waals surface area contributed by atoms with Crippen molar-refractivity contribution in [1.82, 2.24) is 9.55 Å². The molecular weight excluding hydrogens is 385 g/mol. The van der Waals surface area contributed by atoms with E-state index in [9.17, 15) is 0 Å². The normalized spacial score (nSPS) is 10.3. The minimum atomic E-state index is 0. The molecule has 0 amide bonds. The van der Waals surface area contributed by atoms with Crippen LogP contribution in [0.1, 0.15) is 0 Å². The van der Waals surface area contributed by atoms with Gasteiger partial charge in [0.2, 0.25) is 0 Å². The third kappa shape index (κ3) is 3.99. The van der Waals surface area contributed by atoms with Crippen LogP contribution in [0.2, 0.25) is 5.02 Å². The number of anilines is 1. The van der Waals surface area contributed by atoms with Crippen molar-refractivity contribution >= 4 is 29.7 Å². The van der Waals surface area contributed by atoms with Gasteiger partial charge in [-0.1, -0.05) is 23.7 Å². The first-order chi connectivity index (χ1) is 12.5. The fourth-order valence-electron chi connectivity index (χ4n) is 2.95. The maximum atomic E-state index is 6.38. The summed E-state index contributed by atoms with van der Waals surface area (Å²) in [6.45, 7) is 0. The summed E-state index contributed by atoms with van der Waals surface area (Å²) in [6.07, 6.45) is 1.80. The first kappa shape index (κ1) is 20.9. The zero-order chi connectivity index (χ0) is 18.8. The van der Waals surface area contributed by atoms with Crippen molar-refractivity contribution in [2.75, 3.05) is 33.2 Å². The van der Waals surface area contributed by atoms with Gasteiger partial charge >= 0.3 is 0 Å². The fourth-order valence-corrected chi connectivity index (χ4v) is 3.24. The number of nitrogens with zero attached hydrogens (tertiary/aromatic N) is 3. The average molecular weight is 408 g/mol. The smallest absolute Gasteiger partial charge is 0.179 e. The van der Waals surface area contributed by atoms with Gasteiger partial charge in [0.15, 0.2) is 11.5 Å². The lowest BCUT2D eigenvalue weighted by Gasteiger charge is -2.14. The first-order valence-corrected chi connectivity index (χ1v) is 8.55. The third-order valence-electron chi connectivity index (χ3n) is 4.30. The van der Waals surface area contributed by atoms with Gasteiger partial charge in [-0.15, -0.1) is 12.4 Å². The lowest BCUT2D eigenvalue weighted by Crippen LogP contribution is -2.08. The van der Waals surface area contributed by atoms with Crippen LogP contribution in [0.4, 0.5) is 5.69 Å². The number of hydrogen-bond acceptors (Lipinski definition) is 4. The second-order valence-corrected chi connectivity index (χ2v) is 6.59. The Hall–Kier alpha value is -2.37. The molecule has 0 aliphatic carbocycles. The van der Waals surface area contributed by atoms with Gasteiger partial charge in [-0.25, -0.2) is 4.98 Å². The molecule has 144 valence electrons. The number of halogens is 2. The highest BCUT2D eigenvalue weighted by atomic mass is 35.5. The van der Waals surface area contributed by atoms with Crippen molar-refractivity contribution in [3.63, 3.8) is 0 Å². The van der Waals surface area contributed by atoms with Crippen LogP contribution >= 0.6 is 24.0 Å². The van der Waals surface area contributed by atoms with Gasteiger partial charge < -0.3 is 18.9 Å². The number of imidazole rings is 1. The molecule has 0 radical (unpaired) electrons. The van der Waals surface area contributed by atoms with E-state index in [1.807, 2.05) is 37.8 Å². The molecule has 0 saturated carbocycles. The average Bonchev–Trinajstić information content (AvgIpc) is 3.02. The highest BCUT2D eigenvalue weighted by Gasteiger charge is 2.18. The predicted octanol–water partition coefficient (Wildman–Crippen LogP) is 4.91. The van der Waals surface area contributed by atoms with Crippen molar-refractivity contribution in [2.24, 2.45) is 7.05 Å². The second kappa shape index (κ2) is 8.55. The highest BCUT2D eigenvalue weighted by Crippen LogP contribution is 2.41. The summed E-state index contributed by atoms with van der Waals surface area (Å²) in [5.74, 6) is 1.10. The van der Waals surface area contributed by atoms with Crippen molar-refractivity contribution in [3.8, 4) is 34.0 Å². The van der Waals surface area contributed by atoms with Gasteiger partial charge in [0.1, 0.15) is 0 Å². The Morgan fingerprint density at radius 1 is 1.00 bits per heavy atom. The quantitative estimate of drug-likeness (QED) is 0.601. The molecule has 5 nitrogen and oxygen atoms in total. The number of aryl methyl sites for hydroxylation is 1. The Morgan fingerprint density at radius 3 is 2.22 bits per heavy atom. The van der Waals surface area contributed by atoms with Crippen molar-refractivity contribution in [1.29, 1.82) is 0 Å². The molecule has 0 aliphatic heterocycles. The van der Waals surface area contributed by atoms with Crippen LogP contribution in [0.5, 0.6) is 11.5 Å². The summed E-state index contributed by atoms with van der Waals surface area (Å²) in [6, 6.07) is 12.1. The van der Waals surface area contributed by atoms with E-state index in [1.54, 1.807) is 20.5 Å². The minimum Gasteiger partial charge on any atom is -0.493 e. The third-order valence-corrected chi connectivity index (χ3v) is 4.58. The maximum absolute atomic E-state index is 6.38. The summed E-state index contributed by atoms with van der Waals surface area (Å²) < 4.78 is 12.8. The SMILES string of the molecule is COc1cc(-c2ncn(C)c2-c2ccc(N(C)C)cc2)cc(Cl)c1OC.Cl. The molecule has 0 aliphatic rings. The Labute approximate surface area is 170 Å². The van der Waals surface area contributed by atoms with Gasteiger partial charge in [-0.05, 0) is 24.3 Å². The second-order valence-electron chi connectivity index (χ2n) is 6.19. The van der Waals surface area contributed by atoms with Crippen LogP contribution in [-0.4, -0.2) is 37.9 Å². The molecule has 2 aromatic carbocycles. The minimum absolute atomic E-state index is 0. The summed E-state index contributed by atoms with van der Waals surface area (Å²) in [5.41, 5.74) is 4.95. The fraction of sp³-hybridized carbons (Fsp3) is 0.250. The molecule has 0 fully saturated rings. The lowest BCUT2D eigenvalue weighted by atomic mass is 10.0. The zero-order valence-electron chi connectivity index (χ0n) is 16.0. The number of hydrogen-bond donors (Lipinski definition) is 0. The first-order valence-electron chi connectivity index (χ1n) is 8.17. The molecule has 0 unspecified atom stereocenters. The maximum Gasteiger partial charge on any atom is 0.179 e. The number of benzene rings is 2. The van der Waals surface area contributed by atoms with E-state index in [4.69, 9.17) is 21.1 Å². The monoisotopic (exact) mass is 407 g/mol. The Morgan fingerprint density at radius 2 is 1.67 bits per heavy atom. The summed E-state index contributed by atoms with van der Waals surface area (Å²) in [4.78, 5) is 6.66. The van der Waals surface area contributed by atoms with Gasteiger partial charge in [-0.3, -0.25) is 0 Å². The van der Waals surface area contributed by atoms with E-state index >= 15 is 0 Å². The molecule has 27 heavy (non-hydrogen) atoms. The van der Waals surface area contributed by atoms with Crippen molar-refractivity contribution in [3.05, 3.63) is 47.7 Å². The molecule has 0 bridgehead atoms. The molecule has 7 heteroatoms. The van der Waals surface area contributed by atoms with Crippen LogP contribution in [-0.2, 0) is 7.05 Å². The zero-order valence-corrected chi connectivity index (χ0v) is 17.6. The van der Waals surface area contributed by atoms with E-state index in [-0.39, 0.29) is 12.4 Å². The van der Waals surface area contributed by atoms with Crippen LogP contribution in [0.15, 0.2) is 42.7 Å². The van der Waals surface area contributed by atoms with E-state index in [0.717, 1.165) is 28.2 Å². The number of aromatic nitrogens is 2. The Bertz CT molecular complexity index is 922. The molecule has 3 rings (SSSR count). The van der Waals surface area contributed by atoms with Crippen molar-refractivity contribution in [2.45, 2.75) is 0 Å². The van der Waals surface area contributed by atoms with Crippen LogP contribution in [0.3, 0.4) is 0 Å². The van der Waals surface area contributed by atoms with Crippen LogP contribution < -0.4 is 14.4 Å². The Kier molecular flexibility index (Phi) is 6.63.